The summed E-state index contributed by atoms with van der Waals surface area (Å²) in [5.74, 6) is 1.83. The Morgan fingerprint density at radius 1 is 1.25 bits per heavy atom. The summed E-state index contributed by atoms with van der Waals surface area (Å²) in [6.45, 7) is 10.4. The fourth-order valence-corrected chi connectivity index (χ4v) is 2.22. The van der Waals surface area contributed by atoms with E-state index in [1.165, 1.54) is 16.8 Å². The van der Waals surface area contributed by atoms with Crippen LogP contribution in [0.4, 0.5) is 0 Å². The third-order valence-corrected chi connectivity index (χ3v) is 3.61. The van der Waals surface area contributed by atoms with E-state index in [0.717, 1.165) is 23.8 Å². The molecule has 0 fully saturated rings. The second-order valence-electron chi connectivity index (χ2n) is 5.04. The quantitative estimate of drug-likeness (QED) is 0.857. The van der Waals surface area contributed by atoms with E-state index < -0.39 is 0 Å². The molecule has 0 aliphatic rings. The van der Waals surface area contributed by atoms with Crippen molar-refractivity contribution in [2.75, 3.05) is 0 Å². The number of H-pyrrole nitrogens is 1. The van der Waals surface area contributed by atoms with Gasteiger partial charge in [-0.2, -0.15) is 0 Å². The molecule has 2 rings (SSSR count). The summed E-state index contributed by atoms with van der Waals surface area (Å²) >= 11 is 0. The maximum atomic E-state index is 4.16. The van der Waals surface area contributed by atoms with E-state index >= 15 is 0 Å². The highest BCUT2D eigenvalue weighted by Crippen LogP contribution is 2.20. The van der Waals surface area contributed by atoms with Gasteiger partial charge in [-0.05, 0) is 57.4 Å². The number of allylic oxidation sites excluding steroid dienone is 3. The summed E-state index contributed by atoms with van der Waals surface area (Å²) in [7, 11) is 0. The largest absolute Gasteiger partial charge is 0.365 e. The summed E-state index contributed by atoms with van der Waals surface area (Å²) in [4.78, 5) is 3.19. The zero-order valence-electron chi connectivity index (χ0n) is 12.9. The highest BCUT2D eigenvalue weighted by molar-refractivity contribution is 5.70. The predicted molar refractivity (Wildman–Crippen MR) is 83.2 cm³/mol. The zero-order valence-corrected chi connectivity index (χ0v) is 12.9. The lowest BCUT2D eigenvalue weighted by atomic mass is 10.1. The number of hydrogen-bond acceptors (Lipinski definition) is 2. The van der Waals surface area contributed by atoms with Gasteiger partial charge in [0.15, 0.2) is 0 Å². The third-order valence-electron chi connectivity index (χ3n) is 3.61. The van der Waals surface area contributed by atoms with E-state index in [-0.39, 0.29) is 0 Å². The molecule has 1 N–H and O–H groups in total. The highest BCUT2D eigenvalue weighted by Gasteiger charge is 2.09. The molecule has 20 heavy (non-hydrogen) atoms. The van der Waals surface area contributed by atoms with Crippen LogP contribution in [-0.2, 0) is 0 Å². The van der Waals surface area contributed by atoms with Crippen LogP contribution in [-0.4, -0.2) is 19.7 Å². The minimum Gasteiger partial charge on any atom is -0.365 e. The lowest BCUT2D eigenvalue weighted by molar-refractivity contribution is 0.942. The minimum absolute atomic E-state index is 0.917. The maximum Gasteiger partial charge on any atom is 0.134 e. The molecule has 4 heteroatoms. The van der Waals surface area contributed by atoms with Gasteiger partial charge in [0.2, 0.25) is 0 Å². The topological polar surface area (TPSA) is 46.5 Å². The lowest BCUT2D eigenvalue weighted by Crippen LogP contribution is -2.02. The van der Waals surface area contributed by atoms with Crippen LogP contribution >= 0.6 is 0 Å². The molecule has 0 atom stereocenters. The first-order valence-electron chi connectivity index (χ1n) is 6.95. The Labute approximate surface area is 120 Å². The molecular weight excluding hydrogens is 248 g/mol. The number of aromatic amines is 1. The molecule has 2 heterocycles. The van der Waals surface area contributed by atoms with Gasteiger partial charge < -0.3 is 4.98 Å². The molecule has 4 nitrogen and oxygen atoms in total. The van der Waals surface area contributed by atoms with Crippen LogP contribution in [0.1, 0.15) is 43.2 Å². The summed E-state index contributed by atoms with van der Waals surface area (Å²) in [5.41, 5.74) is 4.86. The average molecular weight is 270 g/mol. The van der Waals surface area contributed by atoms with Gasteiger partial charge in [-0.25, -0.2) is 0 Å². The number of nitrogens with zero attached hydrogens (tertiary/aromatic N) is 3. The summed E-state index contributed by atoms with van der Waals surface area (Å²) < 4.78 is 2.11. The fraction of sp³-hybridized carbons (Fsp3) is 0.375. The van der Waals surface area contributed by atoms with Crippen molar-refractivity contribution in [3.63, 3.8) is 0 Å². The van der Waals surface area contributed by atoms with Crippen molar-refractivity contribution in [3.05, 3.63) is 46.8 Å². The molecule has 0 aliphatic heterocycles. The second-order valence-corrected chi connectivity index (χ2v) is 5.04. The fourth-order valence-electron chi connectivity index (χ4n) is 2.22. The van der Waals surface area contributed by atoms with Gasteiger partial charge in [-0.15, -0.1) is 10.2 Å². The summed E-state index contributed by atoms with van der Waals surface area (Å²) in [5, 5.41) is 8.31. The third kappa shape index (κ3) is 2.74. The molecule has 0 bridgehead atoms. The molecule has 106 valence electrons. The molecule has 0 aliphatic carbocycles. The Morgan fingerprint density at radius 3 is 2.40 bits per heavy atom. The van der Waals surface area contributed by atoms with E-state index in [2.05, 4.69) is 58.7 Å². The highest BCUT2D eigenvalue weighted by atomic mass is 15.3. The second kappa shape index (κ2) is 5.90. The molecular formula is C16H22N4. The van der Waals surface area contributed by atoms with Crippen molar-refractivity contribution in [3.8, 4) is 0 Å². The molecule has 2 aromatic rings. The first kappa shape index (κ1) is 14.3. The van der Waals surface area contributed by atoms with Crippen LogP contribution < -0.4 is 0 Å². The SMILES string of the molecule is CC/C(C)=C(/C=C\c1cc[nH]c1C)n1c(C)nnc1C. The van der Waals surface area contributed by atoms with Crippen molar-refractivity contribution in [2.45, 2.75) is 41.0 Å². The molecule has 0 saturated heterocycles. The van der Waals surface area contributed by atoms with Crippen molar-refractivity contribution in [1.82, 2.24) is 19.7 Å². The Bertz CT molecular complexity index is 636. The van der Waals surface area contributed by atoms with Crippen molar-refractivity contribution in [2.24, 2.45) is 0 Å². The van der Waals surface area contributed by atoms with E-state index in [1.54, 1.807) is 0 Å². The smallest absolute Gasteiger partial charge is 0.134 e. The number of hydrogen-bond donors (Lipinski definition) is 1. The van der Waals surface area contributed by atoms with E-state index in [9.17, 15) is 0 Å². The minimum atomic E-state index is 0.917. The van der Waals surface area contributed by atoms with Crippen LogP contribution in [0.2, 0.25) is 0 Å². The normalized spacial score (nSPS) is 13.1. The van der Waals surface area contributed by atoms with E-state index in [4.69, 9.17) is 0 Å². The standard InChI is InChI=1S/C16H22N4/c1-6-11(2)16(20-13(4)18-19-14(20)5)8-7-15-9-10-17-12(15)3/h7-10,17H,6H2,1-5H3/b8-7-,16-11-. The predicted octanol–water partition coefficient (Wildman–Crippen LogP) is 3.89. The molecule has 2 aromatic heterocycles. The number of aryl methyl sites for hydroxylation is 3. The lowest BCUT2D eigenvalue weighted by Gasteiger charge is -2.11. The summed E-state index contributed by atoms with van der Waals surface area (Å²) in [6.07, 6.45) is 7.25. The average Bonchev–Trinajstić information content (AvgIpc) is 2.98. The van der Waals surface area contributed by atoms with E-state index in [0.29, 0.717) is 0 Å². The van der Waals surface area contributed by atoms with Crippen molar-refractivity contribution in [1.29, 1.82) is 0 Å². The van der Waals surface area contributed by atoms with Crippen molar-refractivity contribution < 1.29 is 0 Å². The van der Waals surface area contributed by atoms with Crippen LogP contribution in [0.5, 0.6) is 0 Å². The van der Waals surface area contributed by atoms with Gasteiger partial charge in [0, 0.05) is 17.6 Å². The molecule has 0 radical (unpaired) electrons. The Hall–Kier alpha value is -2.10. The Kier molecular flexibility index (Phi) is 4.23. The van der Waals surface area contributed by atoms with Gasteiger partial charge in [-0.1, -0.05) is 13.0 Å². The first-order chi connectivity index (χ1) is 9.54. The zero-order chi connectivity index (χ0) is 14.7. The van der Waals surface area contributed by atoms with Gasteiger partial charge in [0.25, 0.3) is 0 Å². The van der Waals surface area contributed by atoms with Crippen molar-refractivity contribution >= 4 is 11.8 Å². The monoisotopic (exact) mass is 270 g/mol. The number of nitrogens with one attached hydrogen (secondary N) is 1. The molecule has 0 aromatic carbocycles. The molecule has 0 unspecified atom stereocenters. The van der Waals surface area contributed by atoms with Crippen LogP contribution in [0.15, 0.2) is 23.9 Å². The number of aromatic nitrogens is 4. The van der Waals surface area contributed by atoms with Gasteiger partial charge in [-0.3, -0.25) is 4.57 Å². The van der Waals surface area contributed by atoms with Gasteiger partial charge in [0.1, 0.15) is 11.6 Å². The van der Waals surface area contributed by atoms with Gasteiger partial charge >= 0.3 is 0 Å². The maximum absolute atomic E-state index is 4.16. The van der Waals surface area contributed by atoms with E-state index in [1.807, 2.05) is 20.0 Å². The van der Waals surface area contributed by atoms with Crippen LogP contribution in [0.3, 0.4) is 0 Å². The Balaban J connectivity index is 2.46. The number of rotatable bonds is 4. The van der Waals surface area contributed by atoms with Crippen LogP contribution in [0.25, 0.3) is 11.8 Å². The Morgan fingerprint density at radius 2 is 1.90 bits per heavy atom. The molecule has 0 spiro atoms. The molecule has 0 saturated carbocycles. The molecule has 0 amide bonds. The van der Waals surface area contributed by atoms with Gasteiger partial charge in [0.05, 0.1) is 0 Å². The first-order valence-corrected chi connectivity index (χ1v) is 6.95. The summed E-state index contributed by atoms with van der Waals surface area (Å²) in [6, 6.07) is 2.08. The van der Waals surface area contributed by atoms with Crippen LogP contribution in [0, 0.1) is 20.8 Å².